The topological polar surface area (TPSA) is 70.0 Å². The van der Waals surface area contributed by atoms with E-state index >= 15 is 0 Å². The van der Waals surface area contributed by atoms with Gasteiger partial charge >= 0.3 is 6.09 Å². The number of phenolic OH excluding ortho intramolecular Hbond substituents is 1. The highest BCUT2D eigenvalue weighted by Gasteiger charge is 2.36. The number of carbonyl (C=O) groups is 1. The quantitative estimate of drug-likeness (QED) is 0.835. The number of benzene rings is 1. The van der Waals surface area contributed by atoms with Crippen molar-refractivity contribution in [1.82, 2.24) is 4.90 Å². The Morgan fingerprint density at radius 2 is 1.71 bits per heavy atom. The van der Waals surface area contributed by atoms with Crippen molar-refractivity contribution in [3.05, 3.63) is 29.8 Å². The molecule has 21 heavy (non-hydrogen) atoms. The van der Waals surface area contributed by atoms with Crippen LogP contribution in [-0.2, 0) is 10.3 Å². The van der Waals surface area contributed by atoms with Crippen molar-refractivity contribution in [2.24, 2.45) is 0 Å². The van der Waals surface area contributed by atoms with Crippen molar-refractivity contribution in [3.8, 4) is 5.75 Å². The Bertz CT molecular complexity index is 496. The third kappa shape index (κ3) is 3.88. The lowest BCUT2D eigenvalue weighted by molar-refractivity contribution is -0.0356. The molecular weight excluding hydrogens is 270 g/mol. The summed E-state index contributed by atoms with van der Waals surface area (Å²) in [5.74, 6) is 0.175. The van der Waals surface area contributed by atoms with E-state index in [-0.39, 0.29) is 11.8 Å². The molecular formula is C16H23NO4. The average molecular weight is 293 g/mol. The molecule has 1 aromatic carbocycles. The van der Waals surface area contributed by atoms with E-state index in [1.54, 1.807) is 29.2 Å². The summed E-state index contributed by atoms with van der Waals surface area (Å²) in [7, 11) is 0. The Hall–Kier alpha value is -1.75. The Balaban J connectivity index is 1.99. The number of hydrogen-bond acceptors (Lipinski definition) is 4. The molecule has 0 atom stereocenters. The van der Waals surface area contributed by atoms with Gasteiger partial charge in [0.1, 0.15) is 11.4 Å². The molecule has 0 saturated carbocycles. The number of likely N-dealkylation sites (tertiary alicyclic amines) is 1. The number of aliphatic hydroxyl groups is 1. The Kier molecular flexibility index (Phi) is 4.14. The predicted molar refractivity (Wildman–Crippen MR) is 79.0 cm³/mol. The second kappa shape index (κ2) is 5.56. The van der Waals surface area contributed by atoms with Crippen molar-refractivity contribution in [3.63, 3.8) is 0 Å². The zero-order valence-corrected chi connectivity index (χ0v) is 12.8. The summed E-state index contributed by atoms with van der Waals surface area (Å²) in [6.45, 7) is 6.41. The number of carbonyl (C=O) groups excluding carboxylic acids is 1. The van der Waals surface area contributed by atoms with E-state index in [9.17, 15) is 15.0 Å². The summed E-state index contributed by atoms with van der Waals surface area (Å²) in [4.78, 5) is 13.6. The lowest BCUT2D eigenvalue weighted by atomic mass is 9.84. The van der Waals surface area contributed by atoms with Gasteiger partial charge in [-0.2, -0.15) is 0 Å². The van der Waals surface area contributed by atoms with E-state index in [0.717, 1.165) is 5.56 Å². The molecule has 2 N–H and O–H groups in total. The van der Waals surface area contributed by atoms with Gasteiger partial charge in [0, 0.05) is 13.1 Å². The number of amides is 1. The van der Waals surface area contributed by atoms with Gasteiger partial charge in [-0.1, -0.05) is 12.1 Å². The van der Waals surface area contributed by atoms with Crippen LogP contribution in [0.4, 0.5) is 4.79 Å². The summed E-state index contributed by atoms with van der Waals surface area (Å²) >= 11 is 0. The number of rotatable bonds is 1. The first-order chi connectivity index (χ1) is 9.70. The standard InChI is InChI=1S/C16H23NO4/c1-15(2,3)21-14(19)17-10-8-16(20,9-11-17)12-4-6-13(18)7-5-12/h4-7,18,20H,8-11H2,1-3H3. The third-order valence-electron chi connectivity index (χ3n) is 3.65. The highest BCUT2D eigenvalue weighted by molar-refractivity contribution is 5.68. The first-order valence-corrected chi connectivity index (χ1v) is 7.19. The van der Waals surface area contributed by atoms with E-state index in [2.05, 4.69) is 0 Å². The minimum absolute atomic E-state index is 0.175. The summed E-state index contributed by atoms with van der Waals surface area (Å²) < 4.78 is 5.34. The number of aromatic hydroxyl groups is 1. The fourth-order valence-electron chi connectivity index (χ4n) is 2.45. The SMILES string of the molecule is CC(C)(C)OC(=O)N1CCC(O)(c2ccc(O)cc2)CC1. The molecule has 5 heteroatoms. The maximum atomic E-state index is 12.0. The van der Waals surface area contributed by atoms with Crippen LogP contribution >= 0.6 is 0 Å². The zero-order chi connectivity index (χ0) is 15.7. The highest BCUT2D eigenvalue weighted by Crippen LogP contribution is 2.33. The number of piperidine rings is 1. The summed E-state index contributed by atoms with van der Waals surface area (Å²) in [6.07, 6.45) is 0.573. The molecule has 0 bridgehead atoms. The Morgan fingerprint density at radius 3 is 2.19 bits per heavy atom. The number of ether oxygens (including phenoxy) is 1. The third-order valence-corrected chi connectivity index (χ3v) is 3.65. The Labute approximate surface area is 125 Å². The van der Waals surface area contributed by atoms with Crippen LogP contribution in [0.1, 0.15) is 39.2 Å². The second-order valence-electron chi connectivity index (χ2n) is 6.55. The first kappa shape index (κ1) is 15.6. The molecule has 1 saturated heterocycles. The highest BCUT2D eigenvalue weighted by atomic mass is 16.6. The normalized spacial score (nSPS) is 18.4. The fraction of sp³-hybridized carbons (Fsp3) is 0.562. The van der Waals surface area contributed by atoms with Gasteiger partial charge < -0.3 is 19.8 Å². The van der Waals surface area contributed by atoms with Gasteiger partial charge in [-0.15, -0.1) is 0 Å². The largest absolute Gasteiger partial charge is 0.508 e. The molecule has 0 aliphatic carbocycles. The number of hydrogen-bond donors (Lipinski definition) is 2. The van der Waals surface area contributed by atoms with Crippen LogP contribution < -0.4 is 0 Å². The molecule has 1 aromatic rings. The number of phenols is 1. The van der Waals surface area contributed by atoms with E-state index in [0.29, 0.717) is 25.9 Å². The maximum Gasteiger partial charge on any atom is 0.410 e. The van der Waals surface area contributed by atoms with Crippen LogP contribution in [0.3, 0.4) is 0 Å². The van der Waals surface area contributed by atoms with E-state index in [1.807, 2.05) is 20.8 Å². The van der Waals surface area contributed by atoms with Crippen molar-refractivity contribution in [2.75, 3.05) is 13.1 Å². The maximum absolute atomic E-state index is 12.0. The zero-order valence-electron chi connectivity index (χ0n) is 12.8. The van der Waals surface area contributed by atoms with Gasteiger partial charge in [0.2, 0.25) is 0 Å². The van der Waals surface area contributed by atoms with Gasteiger partial charge in [-0.3, -0.25) is 0 Å². The molecule has 116 valence electrons. The van der Waals surface area contributed by atoms with Crippen molar-refractivity contribution in [2.45, 2.75) is 44.8 Å². The molecule has 0 radical (unpaired) electrons. The molecule has 1 fully saturated rings. The average Bonchev–Trinajstić information content (AvgIpc) is 2.38. The van der Waals surface area contributed by atoms with Gasteiger partial charge in [-0.05, 0) is 51.3 Å². The van der Waals surface area contributed by atoms with Crippen LogP contribution in [0.2, 0.25) is 0 Å². The molecule has 2 rings (SSSR count). The molecule has 1 amide bonds. The Morgan fingerprint density at radius 1 is 1.19 bits per heavy atom. The van der Waals surface area contributed by atoms with Gasteiger partial charge in [0.15, 0.2) is 0 Å². The summed E-state index contributed by atoms with van der Waals surface area (Å²) in [6, 6.07) is 6.57. The van der Waals surface area contributed by atoms with Crippen molar-refractivity contribution in [1.29, 1.82) is 0 Å². The minimum atomic E-state index is -0.952. The summed E-state index contributed by atoms with van der Waals surface area (Å²) in [5.41, 5.74) is -0.697. The van der Waals surface area contributed by atoms with E-state index in [4.69, 9.17) is 4.74 Å². The van der Waals surface area contributed by atoms with Crippen LogP contribution in [-0.4, -0.2) is 39.9 Å². The monoisotopic (exact) mass is 293 g/mol. The lowest BCUT2D eigenvalue weighted by Crippen LogP contribution is -2.46. The lowest BCUT2D eigenvalue weighted by Gasteiger charge is -2.38. The van der Waals surface area contributed by atoms with E-state index < -0.39 is 11.2 Å². The molecule has 1 aliphatic rings. The molecule has 0 aromatic heterocycles. The summed E-state index contributed by atoms with van der Waals surface area (Å²) in [5, 5.41) is 20.0. The van der Waals surface area contributed by atoms with Crippen LogP contribution in [0.15, 0.2) is 24.3 Å². The second-order valence-corrected chi connectivity index (χ2v) is 6.55. The number of nitrogens with zero attached hydrogens (tertiary/aromatic N) is 1. The van der Waals surface area contributed by atoms with Crippen LogP contribution in [0, 0.1) is 0 Å². The van der Waals surface area contributed by atoms with E-state index in [1.165, 1.54) is 0 Å². The molecule has 1 aliphatic heterocycles. The smallest absolute Gasteiger partial charge is 0.410 e. The van der Waals surface area contributed by atoms with Gasteiger partial charge in [-0.25, -0.2) is 4.79 Å². The molecule has 5 nitrogen and oxygen atoms in total. The van der Waals surface area contributed by atoms with Gasteiger partial charge in [0.25, 0.3) is 0 Å². The van der Waals surface area contributed by atoms with Crippen molar-refractivity contribution >= 4 is 6.09 Å². The van der Waals surface area contributed by atoms with Crippen LogP contribution in [0.25, 0.3) is 0 Å². The fourth-order valence-corrected chi connectivity index (χ4v) is 2.45. The van der Waals surface area contributed by atoms with Crippen LogP contribution in [0.5, 0.6) is 5.75 Å². The molecule has 0 spiro atoms. The minimum Gasteiger partial charge on any atom is -0.508 e. The van der Waals surface area contributed by atoms with Gasteiger partial charge in [0.05, 0.1) is 5.60 Å². The predicted octanol–water partition coefficient (Wildman–Crippen LogP) is 2.61. The first-order valence-electron chi connectivity index (χ1n) is 7.19. The van der Waals surface area contributed by atoms with Crippen molar-refractivity contribution < 1.29 is 19.7 Å². The molecule has 0 unspecified atom stereocenters. The molecule has 1 heterocycles.